The van der Waals surface area contributed by atoms with Gasteiger partial charge in [-0.05, 0) is 26.8 Å². The van der Waals surface area contributed by atoms with Crippen LogP contribution in [-0.2, 0) is 4.74 Å². The van der Waals surface area contributed by atoms with Crippen LogP contribution in [-0.4, -0.2) is 24.2 Å². The molecule has 0 radical (unpaired) electrons. The normalized spacial score (nSPS) is 14.1. The van der Waals surface area contributed by atoms with Crippen LogP contribution in [0.3, 0.4) is 0 Å². The molecule has 0 rings (SSSR count). The molecule has 0 heterocycles. The third-order valence-corrected chi connectivity index (χ3v) is 0.970. The Hall–Kier alpha value is -0.120. The molecule has 0 bridgehead atoms. The summed E-state index contributed by atoms with van der Waals surface area (Å²) >= 11 is 0. The summed E-state index contributed by atoms with van der Waals surface area (Å²) in [6.07, 6.45) is 0.262. The van der Waals surface area contributed by atoms with E-state index in [9.17, 15) is 0 Å². The van der Waals surface area contributed by atoms with Crippen LogP contribution < -0.4 is 5.32 Å². The molecule has 2 N–H and O–H groups in total. The van der Waals surface area contributed by atoms with Crippen LogP contribution in [0.25, 0.3) is 0 Å². The molecule has 0 aliphatic rings. The summed E-state index contributed by atoms with van der Waals surface area (Å²) in [6.45, 7) is 6.59. The van der Waals surface area contributed by atoms with Crippen molar-refractivity contribution in [3.8, 4) is 0 Å². The summed E-state index contributed by atoms with van der Waals surface area (Å²) < 4.78 is 5.00. The Kier molecular flexibility index (Phi) is 5.58. The molecule has 3 heteroatoms. The van der Waals surface area contributed by atoms with Crippen molar-refractivity contribution in [2.75, 3.05) is 6.54 Å². The van der Waals surface area contributed by atoms with Crippen LogP contribution in [0.2, 0.25) is 0 Å². The number of hydrogen-bond acceptors (Lipinski definition) is 3. The lowest BCUT2D eigenvalue weighted by atomic mass is 10.5. The molecule has 3 nitrogen and oxygen atoms in total. The van der Waals surface area contributed by atoms with E-state index in [1.165, 1.54) is 0 Å². The van der Waals surface area contributed by atoms with E-state index in [0.717, 1.165) is 13.0 Å². The van der Waals surface area contributed by atoms with E-state index in [1.54, 1.807) is 0 Å². The van der Waals surface area contributed by atoms with E-state index in [0.29, 0.717) is 0 Å². The highest BCUT2D eigenvalue weighted by Gasteiger charge is 2.02. The van der Waals surface area contributed by atoms with Gasteiger partial charge in [0.15, 0.2) is 0 Å². The summed E-state index contributed by atoms with van der Waals surface area (Å²) in [6, 6.07) is 0. The van der Waals surface area contributed by atoms with Gasteiger partial charge in [0.2, 0.25) is 6.41 Å². The van der Waals surface area contributed by atoms with E-state index in [4.69, 9.17) is 9.84 Å². The molecule has 62 valence electrons. The van der Waals surface area contributed by atoms with Crippen molar-refractivity contribution < 1.29 is 9.84 Å². The summed E-state index contributed by atoms with van der Waals surface area (Å²) in [5.74, 6) is 0. The van der Waals surface area contributed by atoms with Gasteiger partial charge >= 0.3 is 0 Å². The molecular weight excluding hydrogens is 130 g/mol. The van der Waals surface area contributed by atoms with Gasteiger partial charge < -0.3 is 9.84 Å². The van der Waals surface area contributed by atoms with Gasteiger partial charge in [-0.1, -0.05) is 6.92 Å². The quantitative estimate of drug-likeness (QED) is 0.562. The topological polar surface area (TPSA) is 41.5 Å². The lowest BCUT2D eigenvalue weighted by Crippen LogP contribution is -2.33. The highest BCUT2D eigenvalue weighted by Crippen LogP contribution is 1.90. The Morgan fingerprint density at radius 2 is 2.10 bits per heavy atom. The molecule has 0 aliphatic carbocycles. The second-order valence-corrected chi connectivity index (χ2v) is 2.49. The van der Waals surface area contributed by atoms with Crippen molar-refractivity contribution >= 4 is 0 Å². The monoisotopic (exact) mass is 147 g/mol. The van der Waals surface area contributed by atoms with E-state index >= 15 is 0 Å². The minimum atomic E-state index is -0.806. The maximum atomic E-state index is 9.02. The molecule has 0 aromatic carbocycles. The highest BCUT2D eigenvalue weighted by molar-refractivity contribution is 4.42. The maximum Gasteiger partial charge on any atom is 0.213 e. The number of hydrogen-bond donors (Lipinski definition) is 2. The largest absolute Gasteiger partial charge is 0.356 e. The molecule has 1 atom stereocenters. The Bertz CT molecular complexity index is 76.0. The Labute approximate surface area is 62.4 Å². The molecule has 0 spiro atoms. The first-order valence-corrected chi connectivity index (χ1v) is 3.73. The summed E-state index contributed by atoms with van der Waals surface area (Å²) in [4.78, 5) is 0. The number of ether oxygens (including phenoxy) is 1. The number of aliphatic hydroxyl groups is 1. The minimum Gasteiger partial charge on any atom is -0.356 e. The summed E-state index contributed by atoms with van der Waals surface area (Å²) in [5.41, 5.74) is 0. The molecule has 0 fully saturated rings. The van der Waals surface area contributed by atoms with Gasteiger partial charge in [-0.2, -0.15) is 0 Å². The Morgan fingerprint density at radius 3 is 2.50 bits per heavy atom. The first kappa shape index (κ1) is 9.88. The predicted molar refractivity (Wildman–Crippen MR) is 40.5 cm³/mol. The van der Waals surface area contributed by atoms with Crippen LogP contribution in [0, 0.1) is 0 Å². The fourth-order valence-electron chi connectivity index (χ4n) is 0.574. The van der Waals surface area contributed by atoms with Gasteiger partial charge in [-0.15, -0.1) is 0 Å². The first-order valence-electron chi connectivity index (χ1n) is 3.73. The van der Waals surface area contributed by atoms with Crippen LogP contribution in [0.1, 0.15) is 27.2 Å². The van der Waals surface area contributed by atoms with E-state index in [1.807, 2.05) is 20.8 Å². The van der Waals surface area contributed by atoms with Crippen molar-refractivity contribution in [1.82, 2.24) is 5.32 Å². The van der Waals surface area contributed by atoms with Crippen molar-refractivity contribution in [2.24, 2.45) is 0 Å². The van der Waals surface area contributed by atoms with E-state index < -0.39 is 6.41 Å². The van der Waals surface area contributed by atoms with Gasteiger partial charge in [-0.3, -0.25) is 5.32 Å². The lowest BCUT2D eigenvalue weighted by molar-refractivity contribution is -0.143. The fraction of sp³-hybridized carbons (Fsp3) is 1.00. The molecule has 0 amide bonds. The van der Waals surface area contributed by atoms with Crippen LogP contribution >= 0.6 is 0 Å². The maximum absolute atomic E-state index is 9.02. The zero-order chi connectivity index (χ0) is 7.98. The van der Waals surface area contributed by atoms with Crippen molar-refractivity contribution in [3.63, 3.8) is 0 Å². The average molecular weight is 147 g/mol. The van der Waals surface area contributed by atoms with Gasteiger partial charge in [0.1, 0.15) is 0 Å². The lowest BCUT2D eigenvalue weighted by Gasteiger charge is -2.15. The number of rotatable bonds is 5. The summed E-state index contributed by atoms with van der Waals surface area (Å²) in [5, 5.41) is 11.8. The number of nitrogens with one attached hydrogen (secondary N) is 1. The Balaban J connectivity index is 3.16. The van der Waals surface area contributed by atoms with Crippen LogP contribution in [0.15, 0.2) is 0 Å². The molecule has 0 saturated carbocycles. The zero-order valence-corrected chi connectivity index (χ0v) is 6.92. The standard InChI is InChI=1S/C7H17NO2/c1-4-5-8-7(9)10-6(2)3/h6-9H,4-5H2,1-3H3/t7-/m1/s1. The molecule has 10 heavy (non-hydrogen) atoms. The van der Waals surface area contributed by atoms with Gasteiger partial charge in [0.25, 0.3) is 0 Å². The van der Waals surface area contributed by atoms with Crippen LogP contribution in [0.5, 0.6) is 0 Å². The zero-order valence-electron chi connectivity index (χ0n) is 6.92. The SMILES string of the molecule is CCCN[C@H](O)OC(C)C. The van der Waals surface area contributed by atoms with E-state index in [-0.39, 0.29) is 6.10 Å². The Morgan fingerprint density at radius 1 is 1.50 bits per heavy atom. The van der Waals surface area contributed by atoms with Gasteiger partial charge in [0.05, 0.1) is 6.10 Å². The molecule has 0 saturated heterocycles. The average Bonchev–Trinajstić information content (AvgIpc) is 1.82. The van der Waals surface area contributed by atoms with Crippen molar-refractivity contribution in [1.29, 1.82) is 0 Å². The van der Waals surface area contributed by atoms with E-state index in [2.05, 4.69) is 5.32 Å². The molecular formula is C7H17NO2. The second kappa shape index (κ2) is 5.65. The van der Waals surface area contributed by atoms with Crippen molar-refractivity contribution in [3.05, 3.63) is 0 Å². The first-order chi connectivity index (χ1) is 4.66. The molecule has 0 unspecified atom stereocenters. The third-order valence-electron chi connectivity index (χ3n) is 0.970. The molecule has 0 aromatic rings. The predicted octanol–water partition coefficient (Wildman–Crippen LogP) is 0.687. The third kappa shape index (κ3) is 6.01. The molecule has 0 aliphatic heterocycles. The van der Waals surface area contributed by atoms with Gasteiger partial charge in [0, 0.05) is 0 Å². The molecule has 0 aromatic heterocycles. The summed E-state index contributed by atoms with van der Waals surface area (Å²) in [7, 11) is 0. The van der Waals surface area contributed by atoms with Gasteiger partial charge in [-0.25, -0.2) is 0 Å². The van der Waals surface area contributed by atoms with Crippen molar-refractivity contribution in [2.45, 2.75) is 39.7 Å². The highest BCUT2D eigenvalue weighted by atomic mass is 16.6. The minimum absolute atomic E-state index is 0.0688. The fourth-order valence-corrected chi connectivity index (χ4v) is 0.574. The van der Waals surface area contributed by atoms with Crippen LogP contribution in [0.4, 0.5) is 0 Å². The smallest absolute Gasteiger partial charge is 0.213 e. The second-order valence-electron chi connectivity index (χ2n) is 2.49. The number of aliphatic hydroxyl groups excluding tert-OH is 1.